The summed E-state index contributed by atoms with van der Waals surface area (Å²) in [5.74, 6) is -4.12. The summed E-state index contributed by atoms with van der Waals surface area (Å²) in [7, 11) is -12.3. The third-order valence-corrected chi connectivity index (χ3v) is 34.5. The summed E-state index contributed by atoms with van der Waals surface area (Å²) < 4.78 is 269. The summed E-state index contributed by atoms with van der Waals surface area (Å²) >= 11 is 0. The average molecular weight is 2110 g/mol. The molecule has 43 heteroatoms. The second-order valence-electron chi connectivity index (χ2n) is 39.6. The van der Waals surface area contributed by atoms with Crippen LogP contribution in [0.2, 0.25) is 0 Å². The molecule has 0 aliphatic carbocycles. The SMILES string of the molecule is CC(F)(F)Cn1c(=O)n(-c2cccc(OC(F)F)c2)c2ccc(C(=O)CC3(C)CCS(=O)(=O)CC3)cc21.CC(F)[C@@H](C)n1c(=O)n(-c2cccc(OC(F)F)c2)c2ccc(C(=O)CC3(C)CCS(=O)(=O)CC3)cc21.CC(F)[C@H](C)n1c(=O)n(-c2cccc(OC(F)F)c2)c2ccc(C(=O)CC3(C)CCS(=O)(=O)CC3)cc21.CC[C@@H](C)n1c(=O)n(-c2cccc(OC(C)F)c2)c2ccc(C(=O)CC3(C)CS(=O)(=O)C3)cc21. The van der Waals surface area contributed by atoms with Crippen LogP contribution in [0.15, 0.2) is 189 Å². The molecule has 4 aliphatic heterocycles. The molecule has 12 aromatic rings. The van der Waals surface area contributed by atoms with Crippen LogP contribution in [0.1, 0.15) is 213 Å². The maximum absolute atomic E-state index is 14.4. The van der Waals surface area contributed by atoms with Crippen molar-refractivity contribution in [3.63, 3.8) is 0 Å². The Labute approximate surface area is 828 Å². The van der Waals surface area contributed by atoms with Crippen molar-refractivity contribution in [1.29, 1.82) is 0 Å². The Bertz CT molecular complexity index is 7430. The number of halogens is 11. The Kier molecular flexibility index (Phi) is 32.6. The molecule has 4 fully saturated rings. The molecule has 0 spiro atoms. The van der Waals surface area contributed by atoms with Gasteiger partial charge in [0.15, 0.2) is 33.0 Å². The highest BCUT2D eigenvalue weighted by atomic mass is 32.2. The van der Waals surface area contributed by atoms with E-state index < -0.39 is 141 Å². The zero-order chi connectivity index (χ0) is 106. The van der Waals surface area contributed by atoms with E-state index in [2.05, 4.69) is 14.2 Å². The summed E-state index contributed by atoms with van der Waals surface area (Å²) in [6.07, 6.45) is -0.881. The number of hydrogen-bond acceptors (Lipinski definition) is 20. The van der Waals surface area contributed by atoms with Crippen molar-refractivity contribution in [2.24, 2.45) is 21.7 Å². The third-order valence-electron chi connectivity index (χ3n) is 27.3. The van der Waals surface area contributed by atoms with Crippen LogP contribution in [0.3, 0.4) is 0 Å². The molecule has 6 atom stereocenters. The number of imidazole rings is 4. The van der Waals surface area contributed by atoms with Crippen LogP contribution in [0.25, 0.3) is 66.9 Å². The fourth-order valence-corrected chi connectivity index (χ4v) is 26.5. The predicted molar refractivity (Wildman–Crippen MR) is 528 cm³/mol. The molecule has 4 aliphatic rings. The molecule has 28 nitrogen and oxygen atoms in total. The molecule has 0 radical (unpaired) electrons. The summed E-state index contributed by atoms with van der Waals surface area (Å²) in [6, 6.07) is 40.1. The second-order valence-corrected chi connectivity index (χ2v) is 48.5. The number of carbonyl (C=O) groups excluding carboxylic acids is 4. The van der Waals surface area contributed by atoms with Crippen LogP contribution in [0.4, 0.5) is 48.3 Å². The highest BCUT2D eigenvalue weighted by Crippen LogP contribution is 2.43. The number of carbonyl (C=O) groups is 4. The summed E-state index contributed by atoms with van der Waals surface area (Å²) in [5.41, 5.74) is 1.06. The van der Waals surface area contributed by atoms with E-state index in [-0.39, 0.29) is 157 Å². The van der Waals surface area contributed by atoms with Gasteiger partial charge in [0.05, 0.1) is 132 Å². The Morgan fingerprint density at radius 2 is 0.607 bits per heavy atom. The molecule has 0 N–H and O–H groups in total. The highest BCUT2D eigenvalue weighted by Gasteiger charge is 2.47. The van der Waals surface area contributed by atoms with Crippen LogP contribution in [0, 0.1) is 21.7 Å². The van der Waals surface area contributed by atoms with Crippen LogP contribution >= 0.6 is 0 Å². The van der Waals surface area contributed by atoms with Crippen molar-refractivity contribution in [3.8, 4) is 45.7 Å². The first-order valence-corrected chi connectivity index (χ1v) is 54.2. The number of hydrogen-bond donors (Lipinski definition) is 0. The molecule has 145 heavy (non-hydrogen) atoms. The quantitative estimate of drug-likeness (QED) is 0.0279. The van der Waals surface area contributed by atoms with Gasteiger partial charge < -0.3 is 18.9 Å². The summed E-state index contributed by atoms with van der Waals surface area (Å²) in [6.45, 7) is 8.90. The van der Waals surface area contributed by atoms with Crippen molar-refractivity contribution in [2.75, 3.05) is 46.0 Å². The van der Waals surface area contributed by atoms with E-state index >= 15 is 0 Å². The zero-order valence-corrected chi connectivity index (χ0v) is 84.8. The van der Waals surface area contributed by atoms with E-state index in [1.165, 1.54) is 135 Å². The molecule has 8 aromatic carbocycles. The van der Waals surface area contributed by atoms with Gasteiger partial charge in [-0.3, -0.25) is 55.7 Å². The van der Waals surface area contributed by atoms with E-state index in [9.17, 15) is 120 Å². The molecule has 0 amide bonds. The van der Waals surface area contributed by atoms with Crippen LogP contribution in [0.5, 0.6) is 23.0 Å². The maximum Gasteiger partial charge on any atom is 0.387 e. The Hall–Kier alpha value is -12.3. The number of ether oxygens (including phenoxy) is 4. The molecule has 782 valence electrons. The van der Waals surface area contributed by atoms with E-state index in [1.54, 1.807) is 97.3 Å². The summed E-state index contributed by atoms with van der Waals surface area (Å²) in [5, 5.41) is 0. The Morgan fingerprint density at radius 1 is 0.345 bits per heavy atom. The zero-order valence-electron chi connectivity index (χ0n) is 81.5. The van der Waals surface area contributed by atoms with Gasteiger partial charge in [0.25, 0.3) is 5.92 Å². The number of nitrogens with zero attached hydrogens (tertiary/aromatic N) is 8. The lowest BCUT2D eigenvalue weighted by Crippen LogP contribution is -2.47. The number of aromatic nitrogens is 8. The van der Waals surface area contributed by atoms with Crippen LogP contribution in [-0.4, -0.2) is 184 Å². The second kappa shape index (κ2) is 43.0. The lowest BCUT2D eigenvalue weighted by atomic mass is 9.78. The average Bonchev–Trinajstić information content (AvgIpc) is 1.11. The number of Topliss-reactive ketones (excluding diaryl/α,β-unsaturated/α-hetero) is 4. The topological polar surface area (TPSA) is 349 Å². The Balaban J connectivity index is 0.000000162. The minimum atomic E-state index is -3.26. The minimum absolute atomic E-state index is 0.00186. The number of sulfone groups is 4. The largest absolute Gasteiger partial charge is 0.461 e. The fraction of sp³-hybridized carbons (Fsp3) is 0.451. The standard InChI is InChI=1S/2C26H29F3N2O5S.C25H26F4N2O5S.C25H29FN2O5S/c2*1-16(27)17(2)30-22-13-18(23(32)15-26(3)9-11-37(34,35)12-10-26)7-8-21(22)31(25(30)33)19-5-4-6-20(14-19)36-24(28)29;1-24(8-10-37(34,35)11-9-24)14-21(32)16-6-7-19-20(12-16)30(15-25(2,28)29)23(33)31(19)17-4-3-5-18(13-17)36-22(26)27;1-5-16(2)27-22-11-18(23(29)13-25(4)14-34(31,32)15-25)9-10-21(22)28(24(27)30)19-7-6-8-20(12-19)33-17(3)26/h2*4-8,13-14,16-17,24H,9-12,15H2,1-3H3;3-7,12-13,22H,8-11,14-15H2,1-2H3;6-12,16-17H,5,13-15H2,1-4H3/t2*16?,17-;;16-,17?/m10.1/s1. The normalized spacial score (nSPS) is 18.2. The first kappa shape index (κ1) is 110. The molecule has 0 bridgehead atoms. The van der Waals surface area contributed by atoms with Gasteiger partial charge in [-0.1, -0.05) is 58.9 Å². The van der Waals surface area contributed by atoms with E-state index in [0.717, 1.165) is 9.13 Å². The van der Waals surface area contributed by atoms with E-state index in [0.29, 0.717) is 113 Å². The number of fused-ring (bicyclic) bond motifs is 4. The van der Waals surface area contributed by atoms with Crippen LogP contribution in [-0.2, 0) is 45.9 Å². The van der Waals surface area contributed by atoms with Gasteiger partial charge in [-0.25, -0.2) is 74.8 Å². The van der Waals surface area contributed by atoms with Gasteiger partial charge in [0.1, 0.15) is 64.9 Å². The molecule has 16 rings (SSSR count). The van der Waals surface area contributed by atoms with Crippen molar-refractivity contribution < 1.29 is 120 Å². The maximum atomic E-state index is 14.4. The van der Waals surface area contributed by atoms with E-state index in [4.69, 9.17) is 4.74 Å². The lowest BCUT2D eigenvalue weighted by molar-refractivity contribution is -0.0505. The van der Waals surface area contributed by atoms with Crippen LogP contribution < -0.4 is 41.7 Å². The fourth-order valence-electron chi connectivity index (χ4n) is 18.8. The number of alkyl halides is 11. The van der Waals surface area contributed by atoms with E-state index in [1.807, 2.05) is 41.5 Å². The minimum Gasteiger partial charge on any atom is -0.461 e. The molecule has 8 heterocycles. The van der Waals surface area contributed by atoms with Crippen molar-refractivity contribution in [1.82, 2.24) is 36.5 Å². The first-order chi connectivity index (χ1) is 67.7. The molecular formula is C102H113F11N8O20S4. The molecular weight excluding hydrogens is 1990 g/mol. The lowest BCUT2D eigenvalue weighted by Gasteiger charge is -2.37. The van der Waals surface area contributed by atoms with Gasteiger partial charge in [0.2, 0.25) is 6.36 Å². The van der Waals surface area contributed by atoms with Gasteiger partial charge in [0, 0.05) is 97.5 Å². The van der Waals surface area contributed by atoms with Gasteiger partial charge in [-0.15, -0.1) is 0 Å². The highest BCUT2D eigenvalue weighted by molar-refractivity contribution is 7.93. The summed E-state index contributed by atoms with van der Waals surface area (Å²) in [4.78, 5) is 106. The smallest absolute Gasteiger partial charge is 0.387 e. The van der Waals surface area contributed by atoms with Crippen molar-refractivity contribution in [3.05, 3.63) is 234 Å². The monoisotopic (exact) mass is 2110 g/mol. The van der Waals surface area contributed by atoms with Gasteiger partial charge in [-0.05, 0) is 217 Å². The third kappa shape index (κ3) is 25.9. The molecule has 4 aromatic heterocycles. The van der Waals surface area contributed by atoms with Gasteiger partial charge >= 0.3 is 42.6 Å². The van der Waals surface area contributed by atoms with Gasteiger partial charge in [-0.2, -0.15) is 26.3 Å². The number of ketones is 4. The number of rotatable bonds is 32. The van der Waals surface area contributed by atoms with Crippen molar-refractivity contribution >= 4 is 107 Å². The molecule has 3 unspecified atom stereocenters. The first-order valence-electron chi connectivity index (χ1n) is 46.9. The number of benzene rings is 8. The van der Waals surface area contributed by atoms with Crippen molar-refractivity contribution in [2.45, 2.75) is 223 Å². The molecule has 4 saturated heterocycles. The predicted octanol–water partition coefficient (Wildman–Crippen LogP) is 19.5. The Morgan fingerprint density at radius 3 is 0.876 bits per heavy atom. The molecule has 0 saturated carbocycles.